The van der Waals surface area contributed by atoms with E-state index in [4.69, 9.17) is 0 Å². The van der Waals surface area contributed by atoms with E-state index in [1.807, 2.05) is 86.6 Å². The molecule has 0 bridgehead atoms. The summed E-state index contributed by atoms with van der Waals surface area (Å²) in [4.78, 5) is 18.0. The fraction of sp³-hybridized carbons (Fsp3) is 0.161. The molecule has 5 heteroatoms. The van der Waals surface area contributed by atoms with Gasteiger partial charge in [0.25, 0.3) is 5.91 Å². The second kappa shape index (κ2) is 9.70. The maximum Gasteiger partial charge on any atom is 0.254 e. The summed E-state index contributed by atoms with van der Waals surface area (Å²) in [6, 6.07) is 30.3. The lowest BCUT2D eigenvalue weighted by Crippen LogP contribution is -2.24. The lowest BCUT2D eigenvalue weighted by atomic mass is 10.0. The molecule has 3 aromatic carbocycles. The van der Waals surface area contributed by atoms with Crippen LogP contribution in [0.25, 0.3) is 22.2 Å². The van der Waals surface area contributed by atoms with Gasteiger partial charge in [0.2, 0.25) is 5.88 Å². The minimum Gasteiger partial charge on any atom is -0.493 e. The van der Waals surface area contributed by atoms with Crippen LogP contribution < -0.4 is 5.32 Å². The van der Waals surface area contributed by atoms with Crippen molar-refractivity contribution in [2.75, 3.05) is 0 Å². The molecule has 5 aromatic rings. The molecule has 0 spiro atoms. The normalized spacial score (nSPS) is 12.0. The Bertz CT molecular complexity index is 1520. The largest absolute Gasteiger partial charge is 0.493 e. The molecular formula is C31H29N3O2. The lowest BCUT2D eigenvalue weighted by Gasteiger charge is -2.20. The van der Waals surface area contributed by atoms with Crippen molar-refractivity contribution in [3.63, 3.8) is 0 Å². The van der Waals surface area contributed by atoms with Crippen LogP contribution in [0.15, 0.2) is 91.0 Å². The van der Waals surface area contributed by atoms with Crippen molar-refractivity contribution in [3.8, 4) is 17.1 Å². The van der Waals surface area contributed by atoms with E-state index in [1.165, 1.54) is 0 Å². The third kappa shape index (κ3) is 4.24. The number of pyridine rings is 1. The van der Waals surface area contributed by atoms with Gasteiger partial charge in [0.1, 0.15) is 0 Å². The zero-order valence-electron chi connectivity index (χ0n) is 20.7. The van der Waals surface area contributed by atoms with Crippen LogP contribution in [0.4, 0.5) is 0 Å². The summed E-state index contributed by atoms with van der Waals surface area (Å²) in [5.41, 5.74) is 6.87. The van der Waals surface area contributed by atoms with E-state index in [1.54, 1.807) is 0 Å². The quantitative estimate of drug-likeness (QED) is 0.292. The molecule has 2 aromatic heterocycles. The summed E-state index contributed by atoms with van der Waals surface area (Å²) in [6.07, 6.45) is 0. The molecular weight excluding hydrogens is 446 g/mol. The number of hydrogen-bond acceptors (Lipinski definition) is 3. The molecule has 5 rings (SSSR count). The van der Waals surface area contributed by atoms with Gasteiger partial charge in [-0.15, -0.1) is 0 Å². The van der Waals surface area contributed by atoms with Crippen LogP contribution in [0, 0.1) is 13.8 Å². The third-order valence-corrected chi connectivity index (χ3v) is 6.73. The topological polar surface area (TPSA) is 67.2 Å². The first-order chi connectivity index (χ1) is 17.5. The van der Waals surface area contributed by atoms with Gasteiger partial charge in [-0.25, -0.2) is 4.98 Å². The minimum atomic E-state index is -0.191. The van der Waals surface area contributed by atoms with Crippen LogP contribution in [0.1, 0.15) is 45.7 Å². The summed E-state index contributed by atoms with van der Waals surface area (Å²) in [7, 11) is 0. The average Bonchev–Trinajstić information content (AvgIpc) is 3.24. The Hall–Kier alpha value is -4.38. The first kappa shape index (κ1) is 23.4. The Morgan fingerprint density at radius 1 is 0.944 bits per heavy atom. The number of benzene rings is 3. The van der Waals surface area contributed by atoms with Gasteiger partial charge in [-0.3, -0.25) is 4.79 Å². The fourth-order valence-electron chi connectivity index (χ4n) is 4.97. The van der Waals surface area contributed by atoms with Crippen LogP contribution in [-0.4, -0.2) is 20.6 Å². The molecule has 0 unspecified atom stereocenters. The van der Waals surface area contributed by atoms with E-state index < -0.39 is 0 Å². The molecule has 0 aliphatic carbocycles. The van der Waals surface area contributed by atoms with Crippen molar-refractivity contribution in [2.24, 2.45) is 0 Å². The Kier molecular flexibility index (Phi) is 6.30. The maximum absolute atomic E-state index is 13.9. The second-order valence-corrected chi connectivity index (χ2v) is 9.13. The van der Waals surface area contributed by atoms with Gasteiger partial charge in [0, 0.05) is 28.7 Å². The number of aromatic hydroxyl groups is 1. The number of nitrogens with one attached hydrogen (secondary N) is 1. The number of rotatable bonds is 6. The highest BCUT2D eigenvalue weighted by atomic mass is 16.3. The number of amides is 1. The smallest absolute Gasteiger partial charge is 0.254 e. The molecule has 1 amide bonds. The molecule has 36 heavy (non-hydrogen) atoms. The van der Waals surface area contributed by atoms with Gasteiger partial charge in [0.05, 0.1) is 17.3 Å². The Labute approximate surface area is 211 Å². The van der Waals surface area contributed by atoms with Crippen molar-refractivity contribution in [1.82, 2.24) is 14.9 Å². The summed E-state index contributed by atoms with van der Waals surface area (Å²) in [6.45, 7) is 6.10. The van der Waals surface area contributed by atoms with Crippen molar-refractivity contribution < 1.29 is 9.90 Å². The zero-order chi connectivity index (χ0) is 25.2. The fourth-order valence-corrected chi connectivity index (χ4v) is 4.97. The Morgan fingerprint density at radius 3 is 2.28 bits per heavy atom. The molecule has 5 nitrogen and oxygen atoms in total. The van der Waals surface area contributed by atoms with Gasteiger partial charge in [-0.05, 0) is 49.6 Å². The summed E-state index contributed by atoms with van der Waals surface area (Å²) in [5, 5.41) is 14.3. The average molecular weight is 476 g/mol. The van der Waals surface area contributed by atoms with Crippen molar-refractivity contribution in [3.05, 3.63) is 119 Å². The highest BCUT2D eigenvalue weighted by Gasteiger charge is 2.26. The van der Waals surface area contributed by atoms with E-state index >= 15 is 0 Å². The molecule has 0 radical (unpaired) electrons. The second-order valence-electron chi connectivity index (χ2n) is 9.13. The standard InChI is InChI=1S/C31H29N3O2/c1-20-18-21(2)33-30(35)26(20)19-32-31(36)28-25-16-10-11-17-27(25)34(22(3)23-12-6-4-7-13-23)29(28)24-14-8-5-9-15-24/h4-18,22H,19H2,1-3H3,(H,32,36)(H,33,35)/t22-/m0/s1. The van der Waals surface area contributed by atoms with Crippen LogP contribution in [-0.2, 0) is 6.54 Å². The highest BCUT2D eigenvalue weighted by Crippen LogP contribution is 2.38. The SMILES string of the molecule is Cc1cc(C)c(CNC(=O)c2c(-c3ccccc3)n([C@@H](C)c3ccccc3)c3ccccc23)c(O)n1. The van der Waals surface area contributed by atoms with E-state index in [0.29, 0.717) is 11.1 Å². The predicted octanol–water partition coefficient (Wildman–Crippen LogP) is 6.57. The molecule has 2 heterocycles. The van der Waals surface area contributed by atoms with Crippen LogP contribution in [0.3, 0.4) is 0 Å². The number of carbonyl (C=O) groups excluding carboxylic acids is 1. The Morgan fingerprint density at radius 2 is 1.58 bits per heavy atom. The lowest BCUT2D eigenvalue weighted by molar-refractivity contribution is 0.0953. The van der Waals surface area contributed by atoms with Gasteiger partial charge in [-0.1, -0.05) is 78.9 Å². The third-order valence-electron chi connectivity index (χ3n) is 6.73. The van der Waals surface area contributed by atoms with Crippen LogP contribution >= 0.6 is 0 Å². The number of fused-ring (bicyclic) bond motifs is 1. The number of carbonyl (C=O) groups is 1. The zero-order valence-corrected chi connectivity index (χ0v) is 20.7. The summed E-state index contributed by atoms with van der Waals surface area (Å²) < 4.78 is 2.26. The molecule has 0 fully saturated rings. The van der Waals surface area contributed by atoms with Crippen molar-refractivity contribution in [2.45, 2.75) is 33.4 Å². The molecule has 180 valence electrons. The number of aryl methyl sites for hydroxylation is 2. The van der Waals surface area contributed by atoms with Gasteiger partial charge < -0.3 is 15.0 Å². The van der Waals surface area contributed by atoms with E-state index in [2.05, 4.69) is 40.0 Å². The first-order valence-electron chi connectivity index (χ1n) is 12.1. The predicted molar refractivity (Wildman–Crippen MR) is 144 cm³/mol. The highest BCUT2D eigenvalue weighted by molar-refractivity contribution is 6.13. The maximum atomic E-state index is 13.9. The number of nitrogens with zero attached hydrogens (tertiary/aromatic N) is 2. The van der Waals surface area contributed by atoms with Crippen molar-refractivity contribution in [1.29, 1.82) is 0 Å². The van der Waals surface area contributed by atoms with E-state index in [0.717, 1.165) is 39.0 Å². The Balaban J connectivity index is 1.66. The molecule has 0 saturated carbocycles. The molecule has 2 N–H and O–H groups in total. The molecule has 0 saturated heterocycles. The van der Waals surface area contributed by atoms with Crippen molar-refractivity contribution >= 4 is 16.8 Å². The van der Waals surface area contributed by atoms with Gasteiger partial charge >= 0.3 is 0 Å². The number of para-hydroxylation sites is 1. The molecule has 0 aliphatic rings. The number of aromatic nitrogens is 2. The summed E-state index contributed by atoms with van der Waals surface area (Å²) in [5.74, 6) is -0.236. The van der Waals surface area contributed by atoms with E-state index in [-0.39, 0.29) is 24.4 Å². The summed E-state index contributed by atoms with van der Waals surface area (Å²) >= 11 is 0. The first-order valence-corrected chi connectivity index (χ1v) is 12.1. The van der Waals surface area contributed by atoms with E-state index in [9.17, 15) is 9.90 Å². The minimum absolute atomic E-state index is 0.000411. The number of hydrogen-bond donors (Lipinski definition) is 2. The molecule has 0 aliphatic heterocycles. The van der Waals surface area contributed by atoms with Crippen LogP contribution in [0.5, 0.6) is 5.88 Å². The van der Waals surface area contributed by atoms with Gasteiger partial charge in [0.15, 0.2) is 0 Å². The monoisotopic (exact) mass is 475 g/mol. The van der Waals surface area contributed by atoms with Crippen LogP contribution in [0.2, 0.25) is 0 Å². The molecule has 1 atom stereocenters. The van der Waals surface area contributed by atoms with Gasteiger partial charge in [-0.2, -0.15) is 0 Å².